The first kappa shape index (κ1) is 28.3. The molecule has 0 aliphatic carbocycles. The number of aromatic amines is 1. The number of carbonyl (C=O) groups excluding carboxylic acids is 2. The second kappa shape index (κ2) is 12.2. The third-order valence-corrected chi connectivity index (χ3v) is 6.39. The van der Waals surface area contributed by atoms with Gasteiger partial charge < -0.3 is 14.8 Å². The van der Waals surface area contributed by atoms with E-state index in [0.29, 0.717) is 25.0 Å². The Morgan fingerprint density at radius 3 is 2.63 bits per heavy atom. The van der Waals surface area contributed by atoms with Gasteiger partial charge in [0.2, 0.25) is 5.91 Å². The molecule has 0 saturated carbocycles. The number of hydrogen-bond acceptors (Lipinski definition) is 7. The molecule has 0 radical (unpaired) electrons. The van der Waals surface area contributed by atoms with Crippen molar-refractivity contribution in [1.29, 1.82) is 5.26 Å². The summed E-state index contributed by atoms with van der Waals surface area (Å²) in [6.07, 6.45) is 7.45. The largest absolute Gasteiger partial charge is 0.444 e. The van der Waals surface area contributed by atoms with Crippen molar-refractivity contribution in [3.05, 3.63) is 24.0 Å². The minimum absolute atomic E-state index is 0.163. The Bertz CT molecular complexity index is 904. The van der Waals surface area contributed by atoms with Gasteiger partial charge in [-0.3, -0.25) is 9.69 Å². The number of hydrogen-bond donors (Lipinski definition) is 2. The van der Waals surface area contributed by atoms with Crippen molar-refractivity contribution < 1.29 is 19.1 Å². The van der Waals surface area contributed by atoms with Gasteiger partial charge in [-0.25, -0.2) is 4.79 Å². The molecule has 1 aromatic heterocycles. The van der Waals surface area contributed by atoms with E-state index in [0.717, 1.165) is 6.42 Å². The number of nitrogens with one attached hydrogen (secondary N) is 2. The molecule has 1 aromatic rings. The fraction of sp³-hybridized carbons (Fsp3) is 0.720. The summed E-state index contributed by atoms with van der Waals surface area (Å²) in [6.45, 7) is 11.3. The number of nitriles is 1. The SMILES string of the molecule is C/C=C\[C@@H]1C[C@H](C#N)N(C(=O)OC(C)(C)C)[C@H]1[C@@H](NC(=O)CCc1cn[nH]n1)C(C)(CCC)OC. The van der Waals surface area contributed by atoms with Crippen LogP contribution in [0, 0.1) is 17.2 Å². The molecular formula is C25H40N6O4. The molecule has 35 heavy (non-hydrogen) atoms. The lowest BCUT2D eigenvalue weighted by Gasteiger charge is -2.44. The highest BCUT2D eigenvalue weighted by atomic mass is 16.6. The van der Waals surface area contributed by atoms with Crippen molar-refractivity contribution in [2.75, 3.05) is 7.11 Å². The first-order chi connectivity index (χ1) is 16.5. The summed E-state index contributed by atoms with van der Waals surface area (Å²) in [6, 6.07) is 0.476. The van der Waals surface area contributed by atoms with Crippen LogP contribution >= 0.6 is 0 Å². The quantitative estimate of drug-likeness (QED) is 0.481. The highest BCUT2D eigenvalue weighted by Crippen LogP contribution is 2.39. The summed E-state index contributed by atoms with van der Waals surface area (Å²) < 4.78 is 11.7. The molecule has 1 aliphatic heterocycles. The molecule has 2 N–H and O–H groups in total. The lowest BCUT2D eigenvalue weighted by molar-refractivity contribution is -0.127. The van der Waals surface area contributed by atoms with Crippen LogP contribution in [0.25, 0.3) is 0 Å². The van der Waals surface area contributed by atoms with Gasteiger partial charge in [0, 0.05) is 25.9 Å². The van der Waals surface area contributed by atoms with Gasteiger partial charge in [-0.2, -0.15) is 20.7 Å². The molecule has 0 spiro atoms. The number of carbonyl (C=O) groups is 2. The number of aryl methyl sites for hydroxylation is 1. The molecule has 10 nitrogen and oxygen atoms in total. The Balaban J connectivity index is 2.48. The van der Waals surface area contributed by atoms with Crippen molar-refractivity contribution in [3.8, 4) is 6.07 Å². The zero-order valence-electron chi connectivity index (χ0n) is 22.0. The number of methoxy groups -OCH3 is 1. The van der Waals surface area contributed by atoms with Crippen LogP contribution in [0.3, 0.4) is 0 Å². The number of H-pyrrole nitrogens is 1. The van der Waals surface area contributed by atoms with Crippen LogP contribution in [0.2, 0.25) is 0 Å². The van der Waals surface area contributed by atoms with Crippen molar-refractivity contribution in [3.63, 3.8) is 0 Å². The lowest BCUT2D eigenvalue weighted by atomic mass is 9.80. The second-order valence-electron chi connectivity index (χ2n) is 10.2. The molecule has 194 valence electrons. The van der Waals surface area contributed by atoms with Crippen LogP contribution < -0.4 is 5.32 Å². The third-order valence-electron chi connectivity index (χ3n) is 6.39. The number of amides is 2. The molecule has 2 heterocycles. The first-order valence-electron chi connectivity index (χ1n) is 12.2. The number of nitrogens with zero attached hydrogens (tertiary/aromatic N) is 4. The Labute approximate surface area is 208 Å². The average Bonchev–Trinajstić information content (AvgIpc) is 3.43. The van der Waals surface area contributed by atoms with Crippen LogP contribution in [0.15, 0.2) is 18.3 Å². The van der Waals surface area contributed by atoms with Gasteiger partial charge in [0.15, 0.2) is 0 Å². The fourth-order valence-corrected chi connectivity index (χ4v) is 4.76. The van der Waals surface area contributed by atoms with E-state index in [1.54, 1.807) is 34.1 Å². The summed E-state index contributed by atoms with van der Waals surface area (Å²) in [5.41, 5.74) is -0.828. The predicted octanol–water partition coefficient (Wildman–Crippen LogP) is 3.52. The van der Waals surface area contributed by atoms with Gasteiger partial charge >= 0.3 is 6.09 Å². The van der Waals surface area contributed by atoms with Gasteiger partial charge in [-0.1, -0.05) is 25.5 Å². The van der Waals surface area contributed by atoms with Crippen molar-refractivity contribution in [1.82, 2.24) is 25.6 Å². The predicted molar refractivity (Wildman–Crippen MR) is 131 cm³/mol. The minimum atomic E-state index is -0.784. The molecular weight excluding hydrogens is 448 g/mol. The summed E-state index contributed by atoms with van der Waals surface area (Å²) in [5.74, 6) is -0.356. The molecule has 1 aliphatic rings. The van der Waals surface area contributed by atoms with Crippen LogP contribution in [0.4, 0.5) is 4.79 Å². The number of rotatable bonds is 10. The normalized spacial score (nSPS) is 23.0. The van der Waals surface area contributed by atoms with Crippen molar-refractivity contribution in [2.24, 2.45) is 5.92 Å². The summed E-state index contributed by atoms with van der Waals surface area (Å²) >= 11 is 0. The molecule has 10 heteroatoms. The van der Waals surface area contributed by atoms with E-state index in [1.807, 2.05) is 32.9 Å². The Morgan fingerprint density at radius 2 is 2.11 bits per heavy atom. The van der Waals surface area contributed by atoms with E-state index in [1.165, 1.54) is 4.90 Å². The van der Waals surface area contributed by atoms with Crippen molar-refractivity contribution >= 4 is 12.0 Å². The van der Waals surface area contributed by atoms with Gasteiger partial charge in [-0.05, 0) is 47.5 Å². The van der Waals surface area contributed by atoms with E-state index in [2.05, 4.69) is 26.8 Å². The summed E-state index contributed by atoms with van der Waals surface area (Å²) in [4.78, 5) is 28.0. The molecule has 1 saturated heterocycles. The Hall–Kier alpha value is -2.93. The van der Waals surface area contributed by atoms with Gasteiger partial charge in [0.25, 0.3) is 0 Å². The number of allylic oxidation sites excluding steroid dienone is 1. The maximum Gasteiger partial charge on any atom is 0.411 e. The third kappa shape index (κ3) is 7.28. The number of likely N-dealkylation sites (tertiary alicyclic amines) is 1. The highest BCUT2D eigenvalue weighted by Gasteiger charge is 2.53. The summed E-state index contributed by atoms with van der Waals surface area (Å²) in [5, 5.41) is 23.5. The molecule has 5 atom stereocenters. The Morgan fingerprint density at radius 1 is 1.40 bits per heavy atom. The van der Waals surface area contributed by atoms with Crippen LogP contribution in [0.1, 0.15) is 72.9 Å². The smallest absolute Gasteiger partial charge is 0.411 e. The van der Waals surface area contributed by atoms with E-state index < -0.39 is 35.4 Å². The molecule has 1 unspecified atom stereocenters. The monoisotopic (exact) mass is 488 g/mol. The van der Waals surface area contributed by atoms with E-state index >= 15 is 0 Å². The fourth-order valence-electron chi connectivity index (χ4n) is 4.76. The van der Waals surface area contributed by atoms with Gasteiger partial charge in [0.1, 0.15) is 11.6 Å². The maximum atomic E-state index is 13.4. The molecule has 0 bridgehead atoms. The molecule has 1 fully saturated rings. The zero-order valence-corrected chi connectivity index (χ0v) is 22.0. The lowest BCUT2D eigenvalue weighted by Crippen LogP contribution is -2.64. The van der Waals surface area contributed by atoms with Gasteiger partial charge in [0.05, 0.1) is 35.6 Å². The second-order valence-corrected chi connectivity index (χ2v) is 10.2. The zero-order chi connectivity index (χ0) is 26.2. The number of ether oxygens (including phenoxy) is 2. The van der Waals surface area contributed by atoms with Crippen LogP contribution in [-0.2, 0) is 20.7 Å². The first-order valence-corrected chi connectivity index (χ1v) is 12.2. The molecule has 2 rings (SSSR count). The van der Waals surface area contributed by atoms with E-state index in [4.69, 9.17) is 9.47 Å². The van der Waals surface area contributed by atoms with Gasteiger partial charge in [-0.15, -0.1) is 0 Å². The van der Waals surface area contributed by atoms with E-state index in [9.17, 15) is 14.9 Å². The standard InChI is InChI=1S/C25H40N6O4/c1-8-10-17-14-19(15-26)31(23(33)35-24(3,4)5)21(17)22(25(6,34-7)13-9-2)28-20(32)12-11-18-16-27-30-29-18/h8,10,16-17,19,21-22H,9,11-14H2,1-7H3,(H,28,32)(H,27,29,30)/b10-8-/t17-,19-,21-,22-,25?/m1/s1. The Kier molecular flexibility index (Phi) is 9.83. The average molecular weight is 489 g/mol. The molecule has 0 aromatic carbocycles. The maximum absolute atomic E-state index is 13.4. The van der Waals surface area contributed by atoms with E-state index in [-0.39, 0.29) is 18.2 Å². The van der Waals surface area contributed by atoms with Crippen molar-refractivity contribution in [2.45, 2.75) is 103 Å². The minimum Gasteiger partial charge on any atom is -0.444 e. The highest BCUT2D eigenvalue weighted by molar-refractivity contribution is 5.77. The summed E-state index contributed by atoms with van der Waals surface area (Å²) in [7, 11) is 1.61. The van der Waals surface area contributed by atoms with Crippen LogP contribution in [0.5, 0.6) is 0 Å². The molecule has 2 amide bonds. The number of aromatic nitrogens is 3. The topological polar surface area (TPSA) is 133 Å². The van der Waals surface area contributed by atoms with Crippen LogP contribution in [-0.4, -0.2) is 68.7 Å².